The largest absolute Gasteiger partial charge is 1.00 e. The van der Waals surface area contributed by atoms with E-state index in [1.807, 2.05) is 0 Å². The topological polar surface area (TPSA) is 152 Å². The standard InChI is InChI=1S/2C2H2O4.Na/c2*3-1(4)2(5)6;/h2*(H,3,4)(H,5,6);/q;;+1/p-1. The van der Waals surface area contributed by atoms with Crippen LogP contribution in [0.2, 0.25) is 0 Å². The van der Waals surface area contributed by atoms with Crippen molar-refractivity contribution in [2.75, 3.05) is 0 Å². The Kier molecular flexibility index (Phi) is 12.3. The van der Waals surface area contributed by atoms with Crippen molar-refractivity contribution in [3.8, 4) is 0 Å². The Hall–Kier alpha value is -1.12. The maximum absolute atomic E-state index is 9.10. The van der Waals surface area contributed by atoms with Crippen molar-refractivity contribution in [3.05, 3.63) is 0 Å². The summed E-state index contributed by atoms with van der Waals surface area (Å²) in [6.45, 7) is 0. The number of carboxylic acids is 4. The van der Waals surface area contributed by atoms with E-state index in [1.165, 1.54) is 0 Å². The molecule has 0 aliphatic carbocycles. The van der Waals surface area contributed by atoms with Crippen molar-refractivity contribution >= 4 is 23.9 Å². The van der Waals surface area contributed by atoms with Crippen molar-refractivity contribution in [3.63, 3.8) is 0 Å². The minimum Gasteiger partial charge on any atom is -0.539 e. The van der Waals surface area contributed by atoms with E-state index in [1.54, 1.807) is 0 Å². The Morgan fingerprint density at radius 1 is 0.769 bits per heavy atom. The molecule has 0 fully saturated rings. The number of carboxylic acid groups (broad SMARTS) is 4. The molecule has 0 amide bonds. The minimum absolute atomic E-state index is 0. The molecule has 0 aromatic carbocycles. The smallest absolute Gasteiger partial charge is 0.539 e. The predicted molar refractivity (Wildman–Crippen MR) is 27.9 cm³/mol. The molecule has 0 unspecified atom stereocenters. The number of hydrogen-bond donors (Lipinski definition) is 3. The first kappa shape index (κ1) is 17.8. The predicted octanol–water partition coefficient (Wildman–Crippen LogP) is -6.02. The second-order valence-corrected chi connectivity index (χ2v) is 1.20. The Balaban J connectivity index is -0.000000143. The van der Waals surface area contributed by atoms with E-state index in [4.69, 9.17) is 39.6 Å². The third-order valence-electron chi connectivity index (χ3n) is 0.358. The van der Waals surface area contributed by atoms with Crippen LogP contribution in [0.25, 0.3) is 0 Å². The van der Waals surface area contributed by atoms with Crippen LogP contribution in [0.1, 0.15) is 0 Å². The molecule has 0 bridgehead atoms. The molecule has 0 radical (unpaired) electrons. The second kappa shape index (κ2) is 8.97. The molecule has 0 heterocycles. The SMILES string of the molecule is O=C(O)C(=O)O.O=C([O-])C(=O)O.[Na+]. The molecule has 0 atom stereocenters. The fourth-order valence-electron chi connectivity index (χ4n) is 0. The summed E-state index contributed by atoms with van der Waals surface area (Å²) in [5.41, 5.74) is 0. The Morgan fingerprint density at radius 2 is 0.923 bits per heavy atom. The van der Waals surface area contributed by atoms with Crippen LogP contribution in [0.4, 0.5) is 0 Å². The van der Waals surface area contributed by atoms with Gasteiger partial charge in [0.15, 0.2) is 5.97 Å². The third kappa shape index (κ3) is 18.1. The van der Waals surface area contributed by atoms with Crippen molar-refractivity contribution < 1.29 is 69.2 Å². The molecular formula is C4H3NaO8. The minimum atomic E-state index is -2.07. The van der Waals surface area contributed by atoms with Crippen LogP contribution in [0, 0.1) is 0 Å². The summed E-state index contributed by atoms with van der Waals surface area (Å²) in [4.78, 5) is 36.2. The van der Waals surface area contributed by atoms with Crippen LogP contribution in [0.3, 0.4) is 0 Å². The molecule has 0 saturated heterocycles. The van der Waals surface area contributed by atoms with Gasteiger partial charge in [-0.05, 0) is 0 Å². The number of carbonyl (C=O) groups excluding carboxylic acids is 1. The molecule has 0 aliphatic heterocycles. The molecule has 0 aromatic rings. The van der Waals surface area contributed by atoms with Gasteiger partial charge in [0.1, 0.15) is 0 Å². The average Bonchev–Trinajstić information content (AvgIpc) is 1.88. The summed E-state index contributed by atoms with van der Waals surface area (Å²) in [6.07, 6.45) is 0. The van der Waals surface area contributed by atoms with Crippen molar-refractivity contribution in [2.45, 2.75) is 0 Å². The number of hydrogen-bond acceptors (Lipinski definition) is 5. The molecular weight excluding hydrogens is 199 g/mol. The van der Waals surface area contributed by atoms with Crippen LogP contribution >= 0.6 is 0 Å². The molecule has 0 aliphatic rings. The molecule has 9 heteroatoms. The van der Waals surface area contributed by atoms with Crippen LogP contribution in [-0.4, -0.2) is 39.2 Å². The van der Waals surface area contributed by atoms with Gasteiger partial charge < -0.3 is 25.2 Å². The van der Waals surface area contributed by atoms with Crippen LogP contribution in [0.15, 0.2) is 0 Å². The van der Waals surface area contributed by atoms with Crippen LogP contribution in [0.5, 0.6) is 0 Å². The first-order valence-electron chi connectivity index (χ1n) is 2.19. The van der Waals surface area contributed by atoms with Crippen molar-refractivity contribution in [2.24, 2.45) is 0 Å². The van der Waals surface area contributed by atoms with Gasteiger partial charge in [-0.25, -0.2) is 14.4 Å². The zero-order valence-electron chi connectivity index (χ0n) is 6.38. The third-order valence-corrected chi connectivity index (χ3v) is 0.358. The fraction of sp³-hybridized carbons (Fsp3) is 0. The van der Waals surface area contributed by atoms with E-state index in [0.717, 1.165) is 0 Å². The monoisotopic (exact) mass is 202 g/mol. The van der Waals surface area contributed by atoms with Crippen molar-refractivity contribution in [1.29, 1.82) is 0 Å². The van der Waals surface area contributed by atoms with E-state index < -0.39 is 23.9 Å². The summed E-state index contributed by atoms with van der Waals surface area (Å²) in [5, 5.41) is 31.1. The molecule has 0 saturated carbocycles. The van der Waals surface area contributed by atoms with E-state index in [0.29, 0.717) is 0 Å². The Bertz CT molecular complexity index is 172. The Labute approximate surface area is 93.1 Å². The zero-order chi connectivity index (χ0) is 10.3. The van der Waals surface area contributed by atoms with E-state index in [2.05, 4.69) is 0 Å². The van der Waals surface area contributed by atoms with E-state index in [9.17, 15) is 0 Å². The zero-order valence-corrected chi connectivity index (χ0v) is 8.38. The molecule has 0 spiro atoms. The molecule has 0 rings (SSSR count). The maximum Gasteiger partial charge on any atom is 1.00 e. The normalized spacial score (nSPS) is 6.77. The van der Waals surface area contributed by atoms with Crippen LogP contribution in [-0.2, 0) is 19.2 Å². The Morgan fingerprint density at radius 3 is 0.923 bits per heavy atom. The average molecular weight is 202 g/mol. The summed E-state index contributed by atoms with van der Waals surface area (Å²) in [5.74, 6) is -7.66. The fourth-order valence-corrected chi connectivity index (χ4v) is 0. The molecule has 3 N–H and O–H groups in total. The summed E-state index contributed by atoms with van der Waals surface area (Å²) < 4.78 is 0. The number of aliphatic carboxylic acids is 4. The summed E-state index contributed by atoms with van der Waals surface area (Å²) in [7, 11) is 0. The molecule has 68 valence electrons. The first-order valence-corrected chi connectivity index (χ1v) is 2.19. The van der Waals surface area contributed by atoms with Gasteiger partial charge in [0.05, 0.1) is 0 Å². The van der Waals surface area contributed by atoms with Gasteiger partial charge >= 0.3 is 47.5 Å². The molecule has 13 heavy (non-hydrogen) atoms. The molecule has 8 nitrogen and oxygen atoms in total. The number of rotatable bonds is 0. The summed E-state index contributed by atoms with van der Waals surface area (Å²) in [6, 6.07) is 0. The maximum atomic E-state index is 9.10. The molecule has 0 aromatic heterocycles. The number of carbonyl (C=O) groups is 4. The van der Waals surface area contributed by atoms with Gasteiger partial charge in [-0.3, -0.25) is 0 Å². The van der Waals surface area contributed by atoms with E-state index in [-0.39, 0.29) is 29.6 Å². The summed E-state index contributed by atoms with van der Waals surface area (Å²) >= 11 is 0. The van der Waals surface area contributed by atoms with Gasteiger partial charge in [-0.1, -0.05) is 0 Å². The van der Waals surface area contributed by atoms with Gasteiger partial charge in [0, 0.05) is 0 Å². The van der Waals surface area contributed by atoms with Gasteiger partial charge in [0.25, 0.3) is 0 Å². The quantitative estimate of drug-likeness (QED) is 0.259. The van der Waals surface area contributed by atoms with Crippen LogP contribution < -0.4 is 34.7 Å². The van der Waals surface area contributed by atoms with E-state index >= 15 is 0 Å². The van der Waals surface area contributed by atoms with Gasteiger partial charge in [0.2, 0.25) is 0 Å². The first-order chi connectivity index (χ1) is 5.29. The second-order valence-electron chi connectivity index (χ2n) is 1.20. The van der Waals surface area contributed by atoms with Gasteiger partial charge in [-0.15, -0.1) is 0 Å². The van der Waals surface area contributed by atoms with Crippen molar-refractivity contribution in [1.82, 2.24) is 0 Å². The van der Waals surface area contributed by atoms with Gasteiger partial charge in [-0.2, -0.15) is 0 Å².